The molecule has 0 aromatic rings. The Hall–Kier alpha value is 2.45. The second-order valence-corrected chi connectivity index (χ2v) is 0. The Bertz CT molecular complexity index is 8.00. The van der Waals surface area contributed by atoms with Gasteiger partial charge in [-0.2, -0.15) is 0 Å². The maximum absolute atomic E-state index is 0. The summed E-state index contributed by atoms with van der Waals surface area (Å²) in [4.78, 5) is 0. The average Bonchev–Trinajstić information content (AvgIpc) is 0. The third kappa shape index (κ3) is 8.82. The van der Waals surface area contributed by atoms with Crippen LogP contribution in [-0.2, 0) is 77.9 Å². The maximum atomic E-state index is 0. The van der Waals surface area contributed by atoms with Gasteiger partial charge in [0, 0.05) is 77.9 Å². The van der Waals surface area contributed by atoms with E-state index in [2.05, 4.69) is 0 Å². The fraction of sp³-hybridized carbons (Fsp3) is 0. The third-order valence-corrected chi connectivity index (χ3v) is 0. The van der Waals surface area contributed by atoms with Crippen LogP contribution in [0.2, 0.25) is 0 Å². The molecule has 0 aromatic heterocycles. The van der Waals surface area contributed by atoms with E-state index in [0.717, 1.165) is 0 Å². The van der Waals surface area contributed by atoms with Crippen molar-refractivity contribution in [1.29, 1.82) is 0 Å². The summed E-state index contributed by atoms with van der Waals surface area (Å²) < 4.78 is 0. The van der Waals surface area contributed by atoms with E-state index in [1.807, 2.05) is 0 Å². The quantitative estimate of drug-likeness (QED) is 0.548. The van der Waals surface area contributed by atoms with E-state index in [1.165, 1.54) is 0 Å². The van der Waals surface area contributed by atoms with Crippen LogP contribution < -0.4 is 0 Å². The van der Waals surface area contributed by atoms with Gasteiger partial charge in [-0.15, -0.1) is 0 Å². The van der Waals surface area contributed by atoms with Crippen molar-refractivity contribution in [3.63, 3.8) is 0 Å². The molecule has 0 amide bonds. The van der Waals surface area contributed by atoms with Crippen LogP contribution in [0.15, 0.2) is 0 Å². The van der Waals surface area contributed by atoms with Crippen LogP contribution in [-0.4, -0.2) is 0 Å². The van der Waals surface area contributed by atoms with Gasteiger partial charge < -0.3 is 0 Å². The summed E-state index contributed by atoms with van der Waals surface area (Å²) >= 11 is 0. The van der Waals surface area contributed by atoms with Gasteiger partial charge in [-0.05, 0) is 0 Å². The zero-order chi connectivity index (χ0) is 0. The Morgan fingerprint density at radius 1 is 1.00 bits per heavy atom. The molecule has 0 N–H and O–H groups in total. The maximum Gasteiger partial charge on any atom is 0 e. The van der Waals surface area contributed by atoms with Crippen LogP contribution >= 0.6 is 0 Å². The van der Waals surface area contributed by atoms with Gasteiger partial charge in [-0.1, -0.05) is 0 Å². The molecule has 4 heteroatoms. The zero-order valence-electron chi connectivity index (χ0n) is 1.76. The Kier molecular flexibility index (Phi) is 143. The molecule has 0 aromatic carbocycles. The van der Waals surface area contributed by atoms with Crippen molar-refractivity contribution >= 4 is 0 Å². The van der Waals surface area contributed by atoms with Crippen molar-refractivity contribution in [1.82, 2.24) is 0 Å². The molecule has 0 rings (SSSR count). The Balaban J connectivity index is 0. The van der Waals surface area contributed by atoms with Crippen LogP contribution in [0.4, 0.5) is 0 Å². The predicted octanol–water partition coefficient (Wildman–Crippen LogP) is -0.0100. The van der Waals surface area contributed by atoms with Gasteiger partial charge in [0.2, 0.25) is 0 Å². The molecule has 0 saturated heterocycles. The van der Waals surface area contributed by atoms with Crippen LogP contribution in [0.25, 0.3) is 0 Å². The molecule has 0 unspecified atom stereocenters. The number of rotatable bonds is 0. The van der Waals surface area contributed by atoms with Gasteiger partial charge in [0.1, 0.15) is 0 Å². The van der Waals surface area contributed by atoms with Crippen LogP contribution in [0.3, 0.4) is 0 Å². The van der Waals surface area contributed by atoms with E-state index in [9.17, 15) is 0 Å². The van der Waals surface area contributed by atoms with Crippen molar-refractivity contribution in [2.45, 2.75) is 0 Å². The van der Waals surface area contributed by atoms with Crippen molar-refractivity contribution in [2.24, 2.45) is 0 Å². The summed E-state index contributed by atoms with van der Waals surface area (Å²) in [5, 5.41) is 0. The fourth-order valence-corrected chi connectivity index (χ4v) is 0. The molecule has 0 aliphatic heterocycles. The van der Waals surface area contributed by atoms with Crippen LogP contribution in [0.5, 0.6) is 0 Å². The van der Waals surface area contributed by atoms with Crippen molar-refractivity contribution < 1.29 is 77.9 Å². The van der Waals surface area contributed by atoms with E-state index < -0.39 is 0 Å². The molecular formula is CdCoCrNi. The van der Waals surface area contributed by atoms with Crippen LogP contribution in [0.1, 0.15) is 0 Å². The van der Waals surface area contributed by atoms with Gasteiger partial charge in [-0.3, -0.25) is 0 Å². The molecular weight excluding hydrogens is 282 g/mol. The summed E-state index contributed by atoms with van der Waals surface area (Å²) in [6.07, 6.45) is 0. The van der Waals surface area contributed by atoms with Crippen molar-refractivity contribution in [2.75, 3.05) is 0 Å². The number of hydrogen-bond acceptors (Lipinski definition) is 0. The molecule has 0 spiro atoms. The van der Waals surface area contributed by atoms with Gasteiger partial charge in [-0.25, -0.2) is 0 Å². The molecule has 0 nitrogen and oxygen atoms in total. The Labute approximate surface area is 76.9 Å². The molecule has 0 fully saturated rings. The standard InChI is InChI=1S/Cd.Co.Cr.Ni. The molecule has 1 radical (unpaired) electrons. The SMILES string of the molecule is [Cd].[Co].[Cr].[Ni]. The second kappa shape index (κ2) is 18.0. The first-order valence-electron chi connectivity index (χ1n) is 0. The van der Waals surface area contributed by atoms with E-state index in [1.54, 1.807) is 0 Å². The minimum atomic E-state index is 0. The summed E-state index contributed by atoms with van der Waals surface area (Å²) in [5.74, 6) is 0. The Morgan fingerprint density at radius 2 is 1.00 bits per heavy atom. The van der Waals surface area contributed by atoms with E-state index in [0.29, 0.717) is 0 Å². The van der Waals surface area contributed by atoms with Gasteiger partial charge in [0.05, 0.1) is 0 Å². The molecule has 0 heterocycles. The van der Waals surface area contributed by atoms with E-state index in [-0.39, 0.29) is 77.9 Å². The Morgan fingerprint density at radius 3 is 1.00 bits per heavy atom. The van der Waals surface area contributed by atoms with Gasteiger partial charge >= 0.3 is 0 Å². The summed E-state index contributed by atoms with van der Waals surface area (Å²) in [6.45, 7) is 0. The molecule has 0 aliphatic carbocycles. The first-order chi connectivity index (χ1) is 0. The summed E-state index contributed by atoms with van der Waals surface area (Å²) in [5.41, 5.74) is 0. The molecule has 0 bridgehead atoms. The van der Waals surface area contributed by atoms with Gasteiger partial charge in [0.15, 0.2) is 0 Å². The molecule has 27 valence electrons. The minimum Gasteiger partial charge on any atom is 0 e. The molecule has 4 heavy (non-hydrogen) atoms. The predicted molar refractivity (Wildman–Crippen MR) is 0 cm³/mol. The monoisotopic (exact) mass is 283 g/mol. The van der Waals surface area contributed by atoms with Crippen molar-refractivity contribution in [3.05, 3.63) is 0 Å². The molecule has 0 saturated carbocycles. The van der Waals surface area contributed by atoms with Gasteiger partial charge in [0.25, 0.3) is 0 Å². The molecule has 0 atom stereocenters. The van der Waals surface area contributed by atoms with E-state index in [4.69, 9.17) is 0 Å². The smallest absolute Gasteiger partial charge is 0 e. The first-order valence-corrected chi connectivity index (χ1v) is 0. The summed E-state index contributed by atoms with van der Waals surface area (Å²) in [6, 6.07) is 0. The summed E-state index contributed by atoms with van der Waals surface area (Å²) in [7, 11) is 0. The fourth-order valence-electron chi connectivity index (χ4n) is 0. The largest absolute Gasteiger partial charge is 0 e. The van der Waals surface area contributed by atoms with E-state index >= 15 is 0 Å². The topological polar surface area (TPSA) is 0 Å². The average molecular weight is 282 g/mol. The third-order valence-electron chi connectivity index (χ3n) is 0. The second-order valence-electron chi connectivity index (χ2n) is 0. The molecule has 0 aliphatic rings. The zero-order valence-corrected chi connectivity index (χ0v) is 9.10. The normalized spacial score (nSPS) is 0. The minimum absolute atomic E-state index is 0. The number of hydrogen-bond donors (Lipinski definition) is 0. The van der Waals surface area contributed by atoms with Crippen LogP contribution in [0, 0.1) is 0 Å². The van der Waals surface area contributed by atoms with Crippen molar-refractivity contribution in [3.8, 4) is 0 Å². The first kappa shape index (κ1) is 31.9.